The van der Waals surface area contributed by atoms with Gasteiger partial charge in [0.05, 0.1) is 36.1 Å². The molecule has 198 valence electrons. The van der Waals surface area contributed by atoms with Crippen molar-refractivity contribution in [1.29, 1.82) is 0 Å². The quantitative estimate of drug-likeness (QED) is 0.331. The van der Waals surface area contributed by atoms with Crippen molar-refractivity contribution in [3.8, 4) is 0 Å². The molecule has 37 heavy (non-hydrogen) atoms. The summed E-state index contributed by atoms with van der Waals surface area (Å²) >= 11 is 0. The molecule has 0 unspecified atom stereocenters. The lowest BCUT2D eigenvalue weighted by atomic mass is 9.95. The fraction of sp³-hybridized carbons (Fsp3) is 0.483. The van der Waals surface area contributed by atoms with Gasteiger partial charge in [0.25, 0.3) is 0 Å². The molecule has 0 N–H and O–H groups in total. The van der Waals surface area contributed by atoms with Crippen molar-refractivity contribution in [2.75, 3.05) is 6.54 Å². The summed E-state index contributed by atoms with van der Waals surface area (Å²) in [6.07, 6.45) is 2.96. The van der Waals surface area contributed by atoms with Crippen molar-refractivity contribution in [3.63, 3.8) is 0 Å². The lowest BCUT2D eigenvalue weighted by Gasteiger charge is -2.46. The standard InChI is InChI=1S/C29H39N3O4Si/c1-29(2,3)37(4,5)36-27-16-11-17-32(28(34)35-20-22-12-7-6-8-13-22)26(27)18-23(33)19-31-21-30-24-14-9-10-15-25(24)31/h6-10,12-15,21,26-27H,11,16-20H2,1-5H3/t26-,27+/m1/s1. The first-order chi connectivity index (χ1) is 17.5. The highest BCUT2D eigenvalue weighted by molar-refractivity contribution is 6.74. The number of fused-ring (bicyclic) bond motifs is 1. The second-order valence-electron chi connectivity index (χ2n) is 11.5. The number of nitrogens with zero attached hydrogens (tertiary/aromatic N) is 3. The van der Waals surface area contributed by atoms with Crippen molar-refractivity contribution in [1.82, 2.24) is 14.5 Å². The van der Waals surface area contributed by atoms with Crippen LogP contribution in [0.4, 0.5) is 4.79 Å². The number of hydrogen-bond acceptors (Lipinski definition) is 5. The molecule has 0 saturated carbocycles. The van der Waals surface area contributed by atoms with Gasteiger partial charge < -0.3 is 18.6 Å². The number of ether oxygens (including phenoxy) is 1. The van der Waals surface area contributed by atoms with Gasteiger partial charge in [0, 0.05) is 13.0 Å². The second kappa shape index (κ2) is 11.2. The first-order valence-electron chi connectivity index (χ1n) is 13.1. The summed E-state index contributed by atoms with van der Waals surface area (Å²) in [6.45, 7) is 12.0. The Morgan fingerprint density at radius 2 is 1.76 bits per heavy atom. The maximum Gasteiger partial charge on any atom is 0.410 e. The largest absolute Gasteiger partial charge is 0.445 e. The minimum Gasteiger partial charge on any atom is -0.445 e. The number of ketones is 1. The van der Waals surface area contributed by atoms with Crippen LogP contribution in [-0.4, -0.2) is 53.3 Å². The average Bonchev–Trinajstić information content (AvgIpc) is 3.26. The summed E-state index contributed by atoms with van der Waals surface area (Å²) < 4.78 is 14.4. The Hall–Kier alpha value is -2.97. The van der Waals surface area contributed by atoms with Crippen molar-refractivity contribution in [2.24, 2.45) is 0 Å². The number of amides is 1. The summed E-state index contributed by atoms with van der Waals surface area (Å²) in [5.74, 6) is 0.0414. The molecule has 1 saturated heterocycles. The fourth-order valence-corrected chi connectivity index (χ4v) is 5.99. The van der Waals surface area contributed by atoms with E-state index in [1.807, 2.05) is 59.2 Å². The molecule has 8 heteroatoms. The third-order valence-electron chi connectivity index (χ3n) is 7.72. The van der Waals surface area contributed by atoms with Crippen molar-refractivity contribution >= 4 is 31.2 Å². The molecule has 0 spiro atoms. The maximum absolute atomic E-state index is 13.4. The van der Waals surface area contributed by atoms with Gasteiger partial charge in [-0.1, -0.05) is 63.2 Å². The van der Waals surface area contributed by atoms with E-state index in [1.54, 1.807) is 11.2 Å². The van der Waals surface area contributed by atoms with Crippen LogP contribution in [0.2, 0.25) is 18.1 Å². The molecule has 1 amide bonds. The van der Waals surface area contributed by atoms with E-state index in [0.29, 0.717) is 6.54 Å². The molecule has 1 aromatic heterocycles. The molecule has 2 atom stereocenters. The predicted octanol–water partition coefficient (Wildman–Crippen LogP) is 6.19. The molecule has 0 bridgehead atoms. The van der Waals surface area contributed by atoms with Gasteiger partial charge in [-0.15, -0.1) is 0 Å². The molecule has 0 aliphatic carbocycles. The fourth-order valence-electron chi connectivity index (χ4n) is 4.61. The van der Waals surface area contributed by atoms with E-state index < -0.39 is 14.4 Å². The summed E-state index contributed by atoms with van der Waals surface area (Å²) in [5, 5.41) is 0.0212. The van der Waals surface area contributed by atoms with Gasteiger partial charge in [-0.2, -0.15) is 0 Å². The Morgan fingerprint density at radius 1 is 1.05 bits per heavy atom. The van der Waals surface area contributed by atoms with E-state index in [9.17, 15) is 9.59 Å². The van der Waals surface area contributed by atoms with E-state index in [0.717, 1.165) is 29.4 Å². The number of rotatable bonds is 8. The Labute approximate surface area is 220 Å². The van der Waals surface area contributed by atoms with Crippen LogP contribution >= 0.6 is 0 Å². The summed E-state index contributed by atoms with van der Waals surface area (Å²) in [4.78, 5) is 32.8. The molecule has 2 heterocycles. The van der Waals surface area contributed by atoms with Gasteiger partial charge in [-0.25, -0.2) is 9.78 Å². The Kier molecular flexibility index (Phi) is 8.19. The summed E-state index contributed by atoms with van der Waals surface area (Å²) in [7, 11) is -2.13. The number of benzene rings is 2. The molecule has 0 radical (unpaired) electrons. The summed E-state index contributed by atoms with van der Waals surface area (Å²) in [5.41, 5.74) is 2.72. The minimum atomic E-state index is -2.13. The highest BCUT2D eigenvalue weighted by atomic mass is 28.4. The zero-order valence-corrected chi connectivity index (χ0v) is 23.6. The molecule has 1 aliphatic heterocycles. The molecule has 1 aliphatic rings. The lowest BCUT2D eigenvalue weighted by molar-refractivity contribution is -0.122. The predicted molar refractivity (Wildman–Crippen MR) is 148 cm³/mol. The maximum atomic E-state index is 13.4. The number of aromatic nitrogens is 2. The van der Waals surface area contributed by atoms with Gasteiger partial charge in [-0.3, -0.25) is 4.79 Å². The first kappa shape index (κ1) is 27.1. The van der Waals surface area contributed by atoms with Crippen molar-refractivity contribution < 1.29 is 18.8 Å². The lowest BCUT2D eigenvalue weighted by Crippen LogP contribution is -2.56. The van der Waals surface area contributed by atoms with Crippen molar-refractivity contribution in [3.05, 3.63) is 66.5 Å². The van der Waals surface area contributed by atoms with Gasteiger partial charge in [0.2, 0.25) is 0 Å². The van der Waals surface area contributed by atoms with Gasteiger partial charge >= 0.3 is 6.09 Å². The summed E-state index contributed by atoms with van der Waals surface area (Å²) in [6, 6.07) is 17.1. The number of likely N-dealkylation sites (tertiary alicyclic amines) is 1. The highest BCUT2D eigenvalue weighted by Gasteiger charge is 2.44. The zero-order chi connectivity index (χ0) is 26.6. The van der Waals surface area contributed by atoms with Crippen LogP contribution < -0.4 is 0 Å². The molecular weight excluding hydrogens is 482 g/mol. The van der Waals surface area contributed by atoms with Gasteiger partial charge in [-0.05, 0) is 48.7 Å². The second-order valence-corrected chi connectivity index (χ2v) is 16.2. The third kappa shape index (κ3) is 6.48. The number of carbonyl (C=O) groups is 2. The SMILES string of the molecule is CC(C)(C)[Si](C)(C)O[C@H]1CCCN(C(=O)OCc2ccccc2)[C@@H]1CC(=O)Cn1cnc2ccccc21. The molecular formula is C29H39N3O4Si. The third-order valence-corrected chi connectivity index (χ3v) is 12.2. The number of hydrogen-bond donors (Lipinski definition) is 0. The van der Waals surface area contributed by atoms with Gasteiger partial charge in [0.15, 0.2) is 14.1 Å². The smallest absolute Gasteiger partial charge is 0.410 e. The van der Waals surface area contributed by atoms with Crippen LogP contribution in [0.3, 0.4) is 0 Å². The number of carbonyl (C=O) groups excluding carboxylic acids is 2. The van der Waals surface area contributed by atoms with E-state index >= 15 is 0 Å². The Bertz CT molecular complexity index is 1220. The van der Waals surface area contributed by atoms with E-state index in [2.05, 4.69) is 38.8 Å². The minimum absolute atomic E-state index is 0.0212. The molecule has 1 fully saturated rings. The monoisotopic (exact) mass is 521 g/mol. The molecule has 7 nitrogen and oxygen atoms in total. The molecule has 3 aromatic rings. The van der Waals surface area contributed by atoms with Crippen LogP contribution in [0.1, 0.15) is 45.6 Å². The number of imidazole rings is 1. The van der Waals surface area contributed by atoms with E-state index in [1.165, 1.54) is 0 Å². The van der Waals surface area contributed by atoms with Crippen LogP contribution in [-0.2, 0) is 27.1 Å². The zero-order valence-electron chi connectivity index (χ0n) is 22.6. The highest BCUT2D eigenvalue weighted by Crippen LogP contribution is 2.39. The number of Topliss-reactive ketones (excluding diaryl/α,β-unsaturated/α-hetero) is 1. The van der Waals surface area contributed by atoms with Crippen LogP contribution in [0.15, 0.2) is 60.9 Å². The topological polar surface area (TPSA) is 73.7 Å². The van der Waals surface area contributed by atoms with Gasteiger partial charge in [0.1, 0.15) is 6.61 Å². The van der Waals surface area contributed by atoms with E-state index in [4.69, 9.17) is 9.16 Å². The number of para-hydroxylation sites is 2. The number of piperidine rings is 1. The molecule has 2 aromatic carbocycles. The van der Waals surface area contributed by atoms with Crippen molar-refractivity contribution in [2.45, 2.75) is 83.5 Å². The van der Waals surface area contributed by atoms with Crippen LogP contribution in [0.5, 0.6) is 0 Å². The Balaban J connectivity index is 1.53. The van der Waals surface area contributed by atoms with Crippen LogP contribution in [0.25, 0.3) is 11.0 Å². The molecule has 4 rings (SSSR count). The normalized spacial score (nSPS) is 18.7. The average molecular weight is 522 g/mol. The Morgan fingerprint density at radius 3 is 2.49 bits per heavy atom. The first-order valence-corrected chi connectivity index (χ1v) is 16.0. The van der Waals surface area contributed by atoms with E-state index in [-0.39, 0.29) is 42.5 Å². The van der Waals surface area contributed by atoms with Crippen LogP contribution in [0, 0.1) is 0 Å².